The van der Waals surface area contributed by atoms with Crippen molar-refractivity contribution in [3.05, 3.63) is 54.1 Å². The minimum absolute atomic E-state index is 0.352. The Morgan fingerprint density at radius 2 is 1.71 bits per heavy atom. The molecule has 2 rings (SSSR count). The van der Waals surface area contributed by atoms with Crippen molar-refractivity contribution in [2.45, 2.75) is 6.92 Å². The molecule has 6 nitrogen and oxygen atoms in total. The second-order valence-electron chi connectivity index (χ2n) is 4.37. The van der Waals surface area contributed by atoms with Crippen LogP contribution >= 0.6 is 0 Å². The van der Waals surface area contributed by atoms with Gasteiger partial charge in [-0.05, 0) is 31.2 Å². The molecule has 0 spiro atoms. The van der Waals surface area contributed by atoms with Gasteiger partial charge >= 0.3 is 12.1 Å². The second-order valence-corrected chi connectivity index (χ2v) is 4.37. The van der Waals surface area contributed by atoms with E-state index in [2.05, 4.69) is 10.6 Å². The SMILES string of the molecule is Cc1ccc(OC(=O)NC(=O)Nc2ccccc2N)cc1. The molecule has 0 unspecified atom stereocenters. The fraction of sp³-hybridized carbons (Fsp3) is 0.0667. The molecule has 0 aliphatic heterocycles. The van der Waals surface area contributed by atoms with Crippen LogP contribution in [0.15, 0.2) is 48.5 Å². The van der Waals surface area contributed by atoms with Crippen molar-refractivity contribution in [3.8, 4) is 5.75 Å². The number of para-hydroxylation sites is 2. The number of ether oxygens (including phenoxy) is 1. The highest BCUT2D eigenvalue weighted by Gasteiger charge is 2.10. The van der Waals surface area contributed by atoms with Crippen LogP contribution in [-0.4, -0.2) is 12.1 Å². The topological polar surface area (TPSA) is 93.4 Å². The molecule has 0 heterocycles. The van der Waals surface area contributed by atoms with Gasteiger partial charge in [-0.2, -0.15) is 0 Å². The first-order chi connectivity index (χ1) is 10.0. The number of hydrogen-bond acceptors (Lipinski definition) is 4. The van der Waals surface area contributed by atoms with E-state index in [1.807, 2.05) is 6.92 Å². The number of benzene rings is 2. The summed E-state index contributed by atoms with van der Waals surface area (Å²) in [6.07, 6.45) is -0.870. The van der Waals surface area contributed by atoms with E-state index in [1.165, 1.54) is 0 Å². The van der Waals surface area contributed by atoms with Crippen LogP contribution in [0.1, 0.15) is 5.56 Å². The Bertz CT molecular complexity index is 653. The summed E-state index contributed by atoms with van der Waals surface area (Å²) in [5.41, 5.74) is 7.54. The lowest BCUT2D eigenvalue weighted by molar-refractivity contribution is 0.199. The maximum atomic E-state index is 11.6. The second kappa shape index (κ2) is 6.42. The zero-order valence-electron chi connectivity index (χ0n) is 11.4. The van der Waals surface area contributed by atoms with Crippen LogP contribution in [0.3, 0.4) is 0 Å². The van der Waals surface area contributed by atoms with Gasteiger partial charge in [-0.3, -0.25) is 0 Å². The van der Waals surface area contributed by atoms with Gasteiger partial charge in [0.1, 0.15) is 5.75 Å². The zero-order valence-corrected chi connectivity index (χ0v) is 11.4. The number of aryl methyl sites for hydroxylation is 1. The van der Waals surface area contributed by atoms with E-state index in [0.717, 1.165) is 5.56 Å². The van der Waals surface area contributed by atoms with Crippen LogP contribution in [0.25, 0.3) is 0 Å². The average Bonchev–Trinajstić information content (AvgIpc) is 2.44. The summed E-state index contributed by atoms with van der Waals surface area (Å²) in [6.45, 7) is 1.92. The first kappa shape index (κ1) is 14.4. The Morgan fingerprint density at radius 1 is 1.05 bits per heavy atom. The van der Waals surface area contributed by atoms with E-state index in [-0.39, 0.29) is 0 Å². The number of nitrogens with two attached hydrogens (primary N) is 1. The van der Waals surface area contributed by atoms with Gasteiger partial charge in [0.15, 0.2) is 0 Å². The Balaban J connectivity index is 1.89. The summed E-state index contributed by atoms with van der Waals surface area (Å²) in [6, 6.07) is 12.9. The third-order valence-corrected chi connectivity index (χ3v) is 2.66. The number of nitrogen functional groups attached to an aromatic ring is 1. The predicted octanol–water partition coefficient (Wildman–Crippen LogP) is 2.90. The Hall–Kier alpha value is -3.02. The summed E-state index contributed by atoms with van der Waals surface area (Å²) < 4.78 is 4.97. The number of nitrogens with one attached hydrogen (secondary N) is 2. The van der Waals surface area contributed by atoms with Gasteiger partial charge < -0.3 is 15.8 Å². The number of rotatable bonds is 2. The maximum absolute atomic E-state index is 11.6. The molecule has 0 fully saturated rings. The molecule has 2 aromatic rings. The normalized spacial score (nSPS) is 9.76. The first-order valence-electron chi connectivity index (χ1n) is 6.25. The van der Waals surface area contributed by atoms with Gasteiger partial charge in [-0.1, -0.05) is 29.8 Å². The third kappa shape index (κ3) is 4.24. The predicted molar refractivity (Wildman–Crippen MR) is 80.2 cm³/mol. The van der Waals surface area contributed by atoms with Crippen molar-refractivity contribution in [3.63, 3.8) is 0 Å². The molecule has 3 amide bonds. The minimum Gasteiger partial charge on any atom is -0.410 e. The quantitative estimate of drug-likeness (QED) is 0.739. The molecule has 0 saturated carbocycles. The van der Waals surface area contributed by atoms with E-state index in [9.17, 15) is 9.59 Å². The van der Waals surface area contributed by atoms with E-state index in [1.54, 1.807) is 48.5 Å². The van der Waals surface area contributed by atoms with Crippen molar-refractivity contribution in [1.82, 2.24) is 5.32 Å². The molecule has 0 aliphatic rings. The molecule has 4 N–H and O–H groups in total. The van der Waals surface area contributed by atoms with Crippen molar-refractivity contribution >= 4 is 23.5 Å². The molecule has 108 valence electrons. The lowest BCUT2D eigenvalue weighted by Gasteiger charge is -2.09. The molecule has 0 bridgehead atoms. The molecule has 0 aromatic heterocycles. The molecule has 0 atom stereocenters. The molecular formula is C15H15N3O3. The largest absolute Gasteiger partial charge is 0.420 e. The van der Waals surface area contributed by atoms with Crippen LogP contribution in [0, 0.1) is 6.92 Å². The molecule has 0 radical (unpaired) electrons. The molecule has 0 saturated heterocycles. The van der Waals surface area contributed by atoms with Crippen molar-refractivity contribution < 1.29 is 14.3 Å². The fourth-order valence-electron chi connectivity index (χ4n) is 1.60. The Labute approximate surface area is 121 Å². The van der Waals surface area contributed by atoms with Crippen LogP contribution < -0.4 is 21.1 Å². The van der Waals surface area contributed by atoms with Gasteiger partial charge in [-0.15, -0.1) is 0 Å². The van der Waals surface area contributed by atoms with Gasteiger partial charge in [0.2, 0.25) is 0 Å². The standard InChI is InChI=1S/C15H15N3O3/c1-10-6-8-11(9-7-10)21-15(20)18-14(19)17-13-5-3-2-4-12(13)16/h2-9H,16H2,1H3,(H2,17,18,19,20). The minimum atomic E-state index is -0.870. The third-order valence-electron chi connectivity index (χ3n) is 2.66. The lowest BCUT2D eigenvalue weighted by Crippen LogP contribution is -2.36. The number of imide groups is 1. The molecule has 0 aliphatic carbocycles. The van der Waals surface area contributed by atoms with E-state index in [4.69, 9.17) is 10.5 Å². The van der Waals surface area contributed by atoms with Crippen LogP contribution in [-0.2, 0) is 0 Å². The number of carbonyl (C=O) groups is 2. The van der Waals surface area contributed by atoms with E-state index in [0.29, 0.717) is 17.1 Å². The van der Waals surface area contributed by atoms with Gasteiger partial charge in [0, 0.05) is 0 Å². The summed E-state index contributed by atoms with van der Waals surface area (Å²) in [7, 11) is 0. The van der Waals surface area contributed by atoms with Gasteiger partial charge in [-0.25, -0.2) is 14.9 Å². The number of amides is 3. The smallest absolute Gasteiger partial charge is 0.410 e. The number of carbonyl (C=O) groups excluding carboxylic acids is 2. The van der Waals surface area contributed by atoms with Gasteiger partial charge in [0.05, 0.1) is 11.4 Å². The van der Waals surface area contributed by atoms with Crippen molar-refractivity contribution in [2.75, 3.05) is 11.1 Å². The Kier molecular flexibility index (Phi) is 4.40. The van der Waals surface area contributed by atoms with Crippen LogP contribution in [0.4, 0.5) is 21.0 Å². The maximum Gasteiger partial charge on any atom is 0.420 e. The number of anilines is 2. The number of hydrogen-bond donors (Lipinski definition) is 3. The van der Waals surface area contributed by atoms with Crippen LogP contribution in [0.2, 0.25) is 0 Å². The summed E-state index contributed by atoms with van der Waals surface area (Å²) in [4.78, 5) is 23.2. The highest BCUT2D eigenvalue weighted by atomic mass is 16.6. The summed E-state index contributed by atoms with van der Waals surface area (Å²) >= 11 is 0. The molecule has 21 heavy (non-hydrogen) atoms. The van der Waals surface area contributed by atoms with E-state index < -0.39 is 12.1 Å². The Morgan fingerprint density at radius 3 is 2.38 bits per heavy atom. The highest BCUT2D eigenvalue weighted by Crippen LogP contribution is 2.16. The summed E-state index contributed by atoms with van der Waals surface area (Å²) in [5.74, 6) is 0.352. The fourth-order valence-corrected chi connectivity index (χ4v) is 1.60. The molecule has 2 aromatic carbocycles. The average molecular weight is 285 g/mol. The molecule has 6 heteroatoms. The monoisotopic (exact) mass is 285 g/mol. The summed E-state index contributed by atoms with van der Waals surface area (Å²) in [5, 5.41) is 4.51. The van der Waals surface area contributed by atoms with Crippen LogP contribution in [0.5, 0.6) is 5.75 Å². The number of urea groups is 1. The van der Waals surface area contributed by atoms with Crippen molar-refractivity contribution in [2.24, 2.45) is 0 Å². The zero-order chi connectivity index (χ0) is 15.2. The van der Waals surface area contributed by atoms with Gasteiger partial charge in [0.25, 0.3) is 0 Å². The lowest BCUT2D eigenvalue weighted by atomic mass is 10.2. The first-order valence-corrected chi connectivity index (χ1v) is 6.25. The van der Waals surface area contributed by atoms with Crippen molar-refractivity contribution in [1.29, 1.82) is 0 Å². The van der Waals surface area contributed by atoms with E-state index >= 15 is 0 Å². The molecular weight excluding hydrogens is 270 g/mol. The highest BCUT2D eigenvalue weighted by molar-refractivity contribution is 6.00.